The highest BCUT2D eigenvalue weighted by Gasteiger charge is 2.26. The van der Waals surface area contributed by atoms with E-state index in [2.05, 4.69) is 15.2 Å². The van der Waals surface area contributed by atoms with Gasteiger partial charge in [-0.05, 0) is 50.6 Å². The quantitative estimate of drug-likeness (QED) is 0.860. The molecule has 4 rings (SSSR count). The zero-order valence-corrected chi connectivity index (χ0v) is 13.3. The maximum Gasteiger partial charge on any atom is 0.267 e. The summed E-state index contributed by atoms with van der Waals surface area (Å²) >= 11 is 0. The second kappa shape index (κ2) is 6.28. The average molecular weight is 314 g/mol. The van der Waals surface area contributed by atoms with Gasteiger partial charge in [-0.15, -0.1) is 0 Å². The number of hydrogen-bond donors (Lipinski definition) is 0. The number of aromatic nitrogens is 3. The molecule has 0 spiro atoms. The molecule has 0 saturated carbocycles. The minimum absolute atomic E-state index is 0.0440. The van der Waals surface area contributed by atoms with Crippen LogP contribution in [0.25, 0.3) is 0 Å². The van der Waals surface area contributed by atoms with Crippen molar-refractivity contribution in [2.75, 3.05) is 6.54 Å². The Kier molecular flexibility index (Phi) is 3.99. The Hall–Kier alpha value is -1.95. The van der Waals surface area contributed by atoms with Gasteiger partial charge in [-0.1, -0.05) is 5.16 Å². The molecule has 6 nitrogen and oxygen atoms in total. The molecule has 3 heterocycles. The molecule has 0 radical (unpaired) electrons. The fourth-order valence-electron chi connectivity index (χ4n) is 3.78. The van der Waals surface area contributed by atoms with E-state index in [9.17, 15) is 4.79 Å². The lowest BCUT2D eigenvalue weighted by atomic mass is 9.97. The second-order valence-corrected chi connectivity index (χ2v) is 6.64. The van der Waals surface area contributed by atoms with Crippen LogP contribution in [0.4, 0.5) is 0 Å². The highest BCUT2D eigenvalue weighted by atomic mass is 16.5. The van der Waals surface area contributed by atoms with Crippen LogP contribution in [0.2, 0.25) is 0 Å². The van der Waals surface area contributed by atoms with Crippen LogP contribution in [-0.2, 0) is 25.9 Å². The third-order valence-corrected chi connectivity index (χ3v) is 5.03. The lowest BCUT2D eigenvalue weighted by Gasteiger charge is -2.24. The van der Waals surface area contributed by atoms with Gasteiger partial charge in [-0.2, -0.15) is 5.10 Å². The Balaban J connectivity index is 1.51. The Morgan fingerprint density at radius 2 is 2.17 bits per heavy atom. The van der Waals surface area contributed by atoms with Crippen LogP contribution < -0.4 is 5.56 Å². The van der Waals surface area contributed by atoms with Crippen molar-refractivity contribution in [1.29, 1.82) is 0 Å². The molecule has 2 aromatic rings. The van der Waals surface area contributed by atoms with Crippen molar-refractivity contribution in [3.05, 3.63) is 45.7 Å². The zero-order chi connectivity index (χ0) is 15.6. The normalized spacial score (nSPS) is 21.5. The Morgan fingerprint density at radius 1 is 1.26 bits per heavy atom. The second-order valence-electron chi connectivity index (χ2n) is 6.64. The maximum absolute atomic E-state index is 12.4. The van der Waals surface area contributed by atoms with Crippen molar-refractivity contribution >= 4 is 0 Å². The molecule has 0 amide bonds. The van der Waals surface area contributed by atoms with E-state index >= 15 is 0 Å². The molecule has 0 aromatic carbocycles. The monoisotopic (exact) mass is 314 g/mol. The number of nitrogens with zero attached hydrogens (tertiary/aromatic N) is 4. The predicted octanol–water partition coefficient (Wildman–Crippen LogP) is 1.77. The third kappa shape index (κ3) is 3.08. The molecule has 0 bridgehead atoms. The van der Waals surface area contributed by atoms with Crippen LogP contribution >= 0.6 is 0 Å². The molecule has 1 unspecified atom stereocenters. The van der Waals surface area contributed by atoms with Gasteiger partial charge in [-0.3, -0.25) is 9.69 Å². The largest absolute Gasteiger partial charge is 0.364 e. The van der Waals surface area contributed by atoms with E-state index in [-0.39, 0.29) is 5.56 Å². The van der Waals surface area contributed by atoms with E-state index < -0.39 is 0 Å². The molecule has 2 aliphatic rings. The standard InChI is InChI=1S/C17H22N4O2/c22-17-8-14-4-1-2-6-16(14)19-21(17)11-15-5-3-7-20(15)10-13-9-18-23-12-13/h8-9,12,15H,1-7,10-11H2. The Bertz CT molecular complexity index is 723. The van der Waals surface area contributed by atoms with Crippen molar-refractivity contribution in [2.24, 2.45) is 0 Å². The van der Waals surface area contributed by atoms with Crippen LogP contribution in [0.1, 0.15) is 42.5 Å². The first-order chi connectivity index (χ1) is 11.3. The number of likely N-dealkylation sites (tertiary alicyclic amines) is 1. The van der Waals surface area contributed by atoms with Crippen molar-refractivity contribution in [1.82, 2.24) is 19.8 Å². The minimum atomic E-state index is 0.0440. The summed E-state index contributed by atoms with van der Waals surface area (Å²) in [5.41, 5.74) is 3.41. The summed E-state index contributed by atoms with van der Waals surface area (Å²) < 4.78 is 6.60. The average Bonchev–Trinajstić information content (AvgIpc) is 3.21. The SMILES string of the molecule is O=c1cc2c(nn1CC1CCCN1Cc1cnoc1)CCCC2. The van der Waals surface area contributed by atoms with E-state index in [0.29, 0.717) is 12.6 Å². The summed E-state index contributed by atoms with van der Waals surface area (Å²) in [4.78, 5) is 14.8. The maximum atomic E-state index is 12.4. The fraction of sp³-hybridized carbons (Fsp3) is 0.588. The molecule has 1 aliphatic carbocycles. The zero-order valence-electron chi connectivity index (χ0n) is 13.3. The summed E-state index contributed by atoms with van der Waals surface area (Å²) in [7, 11) is 0. The first kappa shape index (κ1) is 14.6. The molecule has 1 saturated heterocycles. The van der Waals surface area contributed by atoms with Gasteiger partial charge in [0.05, 0.1) is 18.4 Å². The van der Waals surface area contributed by atoms with Gasteiger partial charge in [0.2, 0.25) is 0 Å². The summed E-state index contributed by atoms with van der Waals surface area (Å²) in [5.74, 6) is 0. The predicted molar refractivity (Wildman–Crippen MR) is 85.1 cm³/mol. The van der Waals surface area contributed by atoms with Crippen molar-refractivity contribution in [3.63, 3.8) is 0 Å². The van der Waals surface area contributed by atoms with Gasteiger partial charge in [0.1, 0.15) is 6.26 Å². The molecule has 2 aromatic heterocycles. The van der Waals surface area contributed by atoms with Crippen LogP contribution in [-0.4, -0.2) is 32.4 Å². The van der Waals surface area contributed by atoms with E-state index in [1.54, 1.807) is 23.2 Å². The van der Waals surface area contributed by atoms with Crippen molar-refractivity contribution in [2.45, 2.75) is 57.7 Å². The number of hydrogen-bond acceptors (Lipinski definition) is 5. The molecule has 1 aliphatic heterocycles. The van der Waals surface area contributed by atoms with Crippen LogP contribution in [0.5, 0.6) is 0 Å². The molecule has 0 N–H and O–H groups in total. The van der Waals surface area contributed by atoms with E-state index in [0.717, 1.165) is 55.6 Å². The summed E-state index contributed by atoms with van der Waals surface area (Å²) in [6, 6.07) is 2.16. The lowest BCUT2D eigenvalue weighted by Crippen LogP contribution is -2.37. The first-order valence-electron chi connectivity index (χ1n) is 8.52. The van der Waals surface area contributed by atoms with E-state index in [1.807, 2.05) is 0 Å². The first-order valence-corrected chi connectivity index (χ1v) is 8.52. The van der Waals surface area contributed by atoms with Crippen molar-refractivity contribution in [3.8, 4) is 0 Å². The van der Waals surface area contributed by atoms with Crippen LogP contribution in [0.3, 0.4) is 0 Å². The van der Waals surface area contributed by atoms with Gasteiger partial charge in [0, 0.05) is 24.2 Å². The van der Waals surface area contributed by atoms with Crippen LogP contribution in [0, 0.1) is 0 Å². The summed E-state index contributed by atoms with van der Waals surface area (Å²) in [6.45, 7) is 2.56. The molecule has 23 heavy (non-hydrogen) atoms. The van der Waals surface area contributed by atoms with Gasteiger partial charge < -0.3 is 4.52 Å². The summed E-state index contributed by atoms with van der Waals surface area (Å²) in [6.07, 6.45) is 10.1. The minimum Gasteiger partial charge on any atom is -0.364 e. The molecule has 122 valence electrons. The van der Waals surface area contributed by atoms with Gasteiger partial charge in [0.15, 0.2) is 0 Å². The third-order valence-electron chi connectivity index (χ3n) is 5.03. The molecule has 1 atom stereocenters. The van der Waals surface area contributed by atoms with E-state index in [1.165, 1.54) is 12.8 Å². The molecule has 6 heteroatoms. The molecule has 1 fully saturated rings. The van der Waals surface area contributed by atoms with Gasteiger partial charge in [0.25, 0.3) is 5.56 Å². The number of rotatable bonds is 4. The lowest BCUT2D eigenvalue weighted by molar-refractivity contribution is 0.215. The van der Waals surface area contributed by atoms with E-state index in [4.69, 9.17) is 4.52 Å². The smallest absolute Gasteiger partial charge is 0.267 e. The molecular formula is C17H22N4O2. The topological polar surface area (TPSA) is 64.2 Å². The summed E-state index contributed by atoms with van der Waals surface area (Å²) in [5, 5.41) is 8.42. The van der Waals surface area contributed by atoms with Crippen molar-refractivity contribution < 1.29 is 4.52 Å². The number of aryl methyl sites for hydroxylation is 2. The Morgan fingerprint density at radius 3 is 3.04 bits per heavy atom. The number of fused-ring (bicyclic) bond motifs is 1. The highest BCUT2D eigenvalue weighted by molar-refractivity contribution is 5.20. The Labute approximate surface area is 135 Å². The van der Waals surface area contributed by atoms with Crippen LogP contribution in [0.15, 0.2) is 27.8 Å². The fourth-order valence-corrected chi connectivity index (χ4v) is 3.78. The van der Waals surface area contributed by atoms with Gasteiger partial charge >= 0.3 is 0 Å². The molecular weight excluding hydrogens is 292 g/mol. The van der Waals surface area contributed by atoms with Gasteiger partial charge in [-0.25, -0.2) is 4.68 Å². The highest BCUT2D eigenvalue weighted by Crippen LogP contribution is 2.22.